The van der Waals surface area contributed by atoms with E-state index < -0.39 is 11.9 Å². The fourth-order valence-corrected chi connectivity index (χ4v) is 4.71. The number of rotatable bonds is 5. The summed E-state index contributed by atoms with van der Waals surface area (Å²) in [5.74, 6) is 1.65. The molecule has 10 nitrogen and oxygen atoms in total. The lowest BCUT2D eigenvalue weighted by molar-refractivity contribution is -0.115. The van der Waals surface area contributed by atoms with Gasteiger partial charge >= 0.3 is 6.03 Å². The van der Waals surface area contributed by atoms with Crippen LogP contribution in [0.2, 0.25) is 0 Å². The van der Waals surface area contributed by atoms with E-state index in [0.29, 0.717) is 28.7 Å². The zero-order valence-corrected chi connectivity index (χ0v) is 19.0. The normalized spacial score (nSPS) is 19.6. The Kier molecular flexibility index (Phi) is 5.10. The molecule has 3 amide bonds. The molecule has 35 heavy (non-hydrogen) atoms. The Morgan fingerprint density at radius 3 is 2.66 bits per heavy atom. The van der Waals surface area contributed by atoms with Gasteiger partial charge in [0.25, 0.3) is 5.91 Å². The van der Waals surface area contributed by atoms with Gasteiger partial charge in [0.05, 0.1) is 17.8 Å². The number of urea groups is 1. The van der Waals surface area contributed by atoms with Crippen LogP contribution in [-0.2, 0) is 4.79 Å². The minimum Gasteiger partial charge on any atom is -0.367 e. The van der Waals surface area contributed by atoms with Gasteiger partial charge in [-0.2, -0.15) is 14.9 Å². The molecule has 1 aromatic carbocycles. The quantitative estimate of drug-likeness (QED) is 0.388. The largest absolute Gasteiger partial charge is 0.367 e. The first-order valence-electron chi connectivity index (χ1n) is 11.8. The van der Waals surface area contributed by atoms with E-state index in [1.165, 1.54) is 5.56 Å². The summed E-state index contributed by atoms with van der Waals surface area (Å²) in [6, 6.07) is 12.0. The molecule has 176 valence electrons. The highest BCUT2D eigenvalue weighted by molar-refractivity contribution is 6.14. The zero-order valence-electron chi connectivity index (χ0n) is 19.0. The van der Waals surface area contributed by atoms with Crippen molar-refractivity contribution in [2.75, 3.05) is 23.3 Å². The number of nitriles is 1. The highest BCUT2D eigenvalue weighted by Gasteiger charge is 2.27. The van der Waals surface area contributed by atoms with E-state index in [1.807, 2.05) is 24.3 Å². The number of amides is 3. The predicted molar refractivity (Wildman–Crippen MR) is 130 cm³/mol. The summed E-state index contributed by atoms with van der Waals surface area (Å²) < 4.78 is 1.75. The summed E-state index contributed by atoms with van der Waals surface area (Å²) in [6.07, 6.45) is 7.44. The molecule has 6 rings (SSSR count). The van der Waals surface area contributed by atoms with Crippen molar-refractivity contribution in [1.82, 2.24) is 25.2 Å². The average Bonchev–Trinajstić information content (AvgIpc) is 3.52. The van der Waals surface area contributed by atoms with Crippen LogP contribution >= 0.6 is 0 Å². The van der Waals surface area contributed by atoms with Gasteiger partial charge in [-0.25, -0.2) is 9.78 Å². The molecular formula is C25H24N8O2. The molecule has 2 aromatic heterocycles. The van der Waals surface area contributed by atoms with Crippen LogP contribution in [-0.4, -0.2) is 45.7 Å². The first-order chi connectivity index (χ1) is 17.1. The summed E-state index contributed by atoms with van der Waals surface area (Å²) in [4.78, 5) is 30.7. The van der Waals surface area contributed by atoms with Crippen LogP contribution in [0.3, 0.4) is 0 Å². The van der Waals surface area contributed by atoms with Gasteiger partial charge in [-0.05, 0) is 55.4 Å². The lowest BCUT2D eigenvalue weighted by atomic mass is 9.88. The first kappa shape index (κ1) is 21.2. The van der Waals surface area contributed by atoms with E-state index in [0.717, 1.165) is 50.4 Å². The third-order valence-electron chi connectivity index (χ3n) is 6.74. The molecule has 0 radical (unpaired) electrons. The first-order valence-corrected chi connectivity index (χ1v) is 11.8. The second-order valence-corrected chi connectivity index (χ2v) is 9.22. The Bertz CT molecular complexity index is 1410. The third-order valence-corrected chi connectivity index (χ3v) is 6.74. The maximum Gasteiger partial charge on any atom is 0.326 e. The Labute approximate surface area is 201 Å². The van der Waals surface area contributed by atoms with Gasteiger partial charge in [-0.15, -0.1) is 0 Å². The highest BCUT2D eigenvalue weighted by atomic mass is 16.2. The van der Waals surface area contributed by atoms with Gasteiger partial charge < -0.3 is 15.5 Å². The number of benzene rings is 1. The zero-order chi connectivity index (χ0) is 23.9. The number of fused-ring (bicyclic) bond motifs is 1. The molecule has 0 unspecified atom stereocenters. The molecule has 3 aromatic rings. The fourth-order valence-electron chi connectivity index (χ4n) is 4.71. The number of imide groups is 1. The molecule has 3 aliphatic rings. The van der Waals surface area contributed by atoms with Gasteiger partial charge in [-0.1, -0.05) is 12.1 Å². The van der Waals surface area contributed by atoms with Gasteiger partial charge in [0.1, 0.15) is 17.3 Å². The number of aromatic nitrogens is 3. The summed E-state index contributed by atoms with van der Waals surface area (Å²) in [6.45, 7) is 1.69. The number of carbonyl (C=O) groups excluding carboxylic acids is 2. The summed E-state index contributed by atoms with van der Waals surface area (Å²) in [7, 11) is 0. The average molecular weight is 469 g/mol. The van der Waals surface area contributed by atoms with Crippen LogP contribution in [0, 0.1) is 11.3 Å². The SMILES string of the molecule is N#Cc1cccc(C2CCN(c3cc(NC4CC4)n4ncc(/C=C5\NC(=O)NC5=O)c4n3)CC2)c1. The summed E-state index contributed by atoms with van der Waals surface area (Å²) in [5.41, 5.74) is 3.36. The monoisotopic (exact) mass is 468 g/mol. The minimum atomic E-state index is -0.536. The van der Waals surface area contributed by atoms with Crippen molar-refractivity contribution in [3.8, 4) is 6.07 Å². The lowest BCUT2D eigenvalue weighted by Gasteiger charge is -2.33. The number of hydrogen-bond donors (Lipinski definition) is 3. The van der Waals surface area contributed by atoms with Crippen molar-refractivity contribution in [1.29, 1.82) is 5.26 Å². The van der Waals surface area contributed by atoms with E-state index in [9.17, 15) is 14.9 Å². The van der Waals surface area contributed by atoms with Crippen molar-refractivity contribution in [3.63, 3.8) is 0 Å². The van der Waals surface area contributed by atoms with Crippen molar-refractivity contribution in [2.24, 2.45) is 0 Å². The van der Waals surface area contributed by atoms with Crippen molar-refractivity contribution in [3.05, 3.63) is 58.9 Å². The number of nitrogens with one attached hydrogen (secondary N) is 3. The number of nitrogens with zero attached hydrogens (tertiary/aromatic N) is 5. The van der Waals surface area contributed by atoms with Crippen LogP contribution in [0.4, 0.5) is 16.4 Å². The maximum atomic E-state index is 12.0. The molecule has 10 heteroatoms. The van der Waals surface area contributed by atoms with Gasteiger partial charge in [0.2, 0.25) is 0 Å². The minimum absolute atomic E-state index is 0.175. The van der Waals surface area contributed by atoms with E-state index in [-0.39, 0.29) is 5.70 Å². The summed E-state index contributed by atoms with van der Waals surface area (Å²) >= 11 is 0. The van der Waals surface area contributed by atoms with Crippen LogP contribution < -0.4 is 20.9 Å². The molecule has 2 saturated heterocycles. The van der Waals surface area contributed by atoms with E-state index in [4.69, 9.17) is 4.98 Å². The molecule has 0 atom stereocenters. The second kappa shape index (κ2) is 8.43. The number of anilines is 2. The molecule has 4 heterocycles. The number of carbonyl (C=O) groups is 2. The van der Waals surface area contributed by atoms with E-state index >= 15 is 0 Å². The second-order valence-electron chi connectivity index (χ2n) is 9.22. The Balaban J connectivity index is 1.30. The van der Waals surface area contributed by atoms with Gasteiger partial charge in [-0.3, -0.25) is 10.1 Å². The highest BCUT2D eigenvalue weighted by Crippen LogP contribution is 2.33. The molecule has 3 fully saturated rings. The van der Waals surface area contributed by atoms with Crippen molar-refractivity contribution < 1.29 is 9.59 Å². The molecule has 3 N–H and O–H groups in total. The van der Waals surface area contributed by atoms with Crippen LogP contribution in [0.5, 0.6) is 0 Å². The smallest absolute Gasteiger partial charge is 0.326 e. The van der Waals surface area contributed by atoms with Crippen LogP contribution in [0.15, 0.2) is 42.2 Å². The van der Waals surface area contributed by atoms with Crippen molar-refractivity contribution >= 4 is 35.3 Å². The third kappa shape index (κ3) is 4.17. The lowest BCUT2D eigenvalue weighted by Crippen LogP contribution is -2.33. The van der Waals surface area contributed by atoms with Gasteiger partial charge in [0, 0.05) is 30.8 Å². The molecule has 0 spiro atoms. The fraction of sp³-hybridized carbons (Fsp3) is 0.320. The van der Waals surface area contributed by atoms with Crippen molar-refractivity contribution in [2.45, 2.75) is 37.6 Å². The Morgan fingerprint density at radius 2 is 1.94 bits per heavy atom. The summed E-state index contributed by atoms with van der Waals surface area (Å²) in [5, 5.41) is 22.0. The predicted octanol–water partition coefficient (Wildman–Crippen LogP) is 2.74. The number of piperidine rings is 1. The molecule has 0 bridgehead atoms. The number of hydrogen-bond acceptors (Lipinski definition) is 7. The maximum absolute atomic E-state index is 12.0. The standard InChI is InChI=1S/C25H24N8O2/c26-13-15-2-1-3-17(10-15)16-6-8-32(9-7-16)21-12-22(28-19-4-5-19)33-23(30-21)18(14-27-33)11-20-24(34)31-25(35)29-20/h1-3,10-12,14,16,19,28H,4-9H2,(H2,29,31,34,35)/b20-11-. The van der Waals surface area contributed by atoms with E-state index in [1.54, 1.807) is 16.8 Å². The topological polar surface area (TPSA) is 127 Å². The molecule has 1 saturated carbocycles. The Morgan fingerprint density at radius 1 is 1.11 bits per heavy atom. The molecular weight excluding hydrogens is 444 g/mol. The molecule has 1 aliphatic carbocycles. The molecule has 2 aliphatic heterocycles. The van der Waals surface area contributed by atoms with Crippen LogP contribution in [0.1, 0.15) is 48.3 Å². The Hall–Kier alpha value is -4.39. The van der Waals surface area contributed by atoms with Crippen LogP contribution in [0.25, 0.3) is 11.7 Å². The van der Waals surface area contributed by atoms with E-state index in [2.05, 4.69) is 38.1 Å². The van der Waals surface area contributed by atoms with Gasteiger partial charge in [0.15, 0.2) is 5.65 Å².